The van der Waals surface area contributed by atoms with Crippen LogP contribution in [0.5, 0.6) is 5.75 Å². The number of ketones is 1. The van der Waals surface area contributed by atoms with Crippen LogP contribution in [-0.2, 0) is 0 Å². The van der Waals surface area contributed by atoms with Crippen LogP contribution in [-0.4, -0.2) is 12.9 Å². The van der Waals surface area contributed by atoms with Crippen LogP contribution in [0.4, 0.5) is 0 Å². The lowest BCUT2D eigenvalue weighted by Crippen LogP contribution is -1.99. The van der Waals surface area contributed by atoms with E-state index in [4.69, 9.17) is 16.3 Å². The van der Waals surface area contributed by atoms with Crippen molar-refractivity contribution in [2.24, 2.45) is 0 Å². The van der Waals surface area contributed by atoms with Gasteiger partial charge in [0.1, 0.15) is 10.1 Å². The highest BCUT2D eigenvalue weighted by molar-refractivity contribution is 9.11. The number of hydrogen-bond donors (Lipinski definition) is 0. The maximum Gasteiger partial charge on any atom is 0.195 e. The summed E-state index contributed by atoms with van der Waals surface area (Å²) in [6.07, 6.45) is 0. The summed E-state index contributed by atoms with van der Waals surface area (Å²) in [6, 6.07) is 8.69. The summed E-state index contributed by atoms with van der Waals surface area (Å²) >= 11 is 10.6. The van der Waals surface area contributed by atoms with Crippen molar-refractivity contribution in [2.75, 3.05) is 7.11 Å². The molecule has 2 rings (SSSR count). The first-order chi connectivity index (χ1) is 8.11. The fourth-order valence-electron chi connectivity index (χ4n) is 1.39. The molecule has 0 aliphatic carbocycles. The predicted octanol–water partition coefficient (Wildman–Crippen LogP) is 4.40. The molecule has 88 valence electrons. The highest BCUT2D eigenvalue weighted by atomic mass is 79.9. The molecule has 0 amide bonds. The monoisotopic (exact) mass is 330 g/mol. The van der Waals surface area contributed by atoms with Crippen LogP contribution >= 0.6 is 38.9 Å². The largest absolute Gasteiger partial charge is 0.497 e. The van der Waals surface area contributed by atoms with Crippen molar-refractivity contribution in [1.29, 1.82) is 0 Å². The molecule has 0 saturated heterocycles. The average molecular weight is 332 g/mol. The van der Waals surface area contributed by atoms with E-state index < -0.39 is 0 Å². The van der Waals surface area contributed by atoms with Crippen molar-refractivity contribution < 1.29 is 9.53 Å². The summed E-state index contributed by atoms with van der Waals surface area (Å²) in [5.74, 6) is 0.638. The normalized spacial score (nSPS) is 10.3. The number of ether oxygens (including phenoxy) is 1. The molecule has 2 aromatic rings. The molecule has 0 radical (unpaired) electrons. The minimum absolute atomic E-state index is 0.0837. The van der Waals surface area contributed by atoms with Crippen LogP contribution < -0.4 is 4.74 Å². The second-order valence-corrected chi connectivity index (χ2v) is 6.33. The number of carbonyl (C=O) groups excluding carboxylic acids is 1. The summed E-state index contributed by atoms with van der Waals surface area (Å²) < 4.78 is 6.38. The van der Waals surface area contributed by atoms with E-state index in [2.05, 4.69) is 15.9 Å². The number of carbonyl (C=O) groups is 1. The Hall–Kier alpha value is -0.840. The summed E-state index contributed by atoms with van der Waals surface area (Å²) in [6.45, 7) is 0. The third-order valence-electron chi connectivity index (χ3n) is 2.25. The van der Waals surface area contributed by atoms with Gasteiger partial charge in [0.15, 0.2) is 5.78 Å². The van der Waals surface area contributed by atoms with Crippen molar-refractivity contribution in [3.8, 4) is 5.75 Å². The smallest absolute Gasteiger partial charge is 0.195 e. The molecule has 1 heterocycles. The lowest BCUT2D eigenvalue weighted by molar-refractivity contribution is 0.103. The molecular weight excluding hydrogens is 324 g/mol. The summed E-state index contributed by atoms with van der Waals surface area (Å²) in [4.78, 5) is 12.1. The van der Waals surface area contributed by atoms with Crippen molar-refractivity contribution in [2.45, 2.75) is 0 Å². The van der Waals surface area contributed by atoms with Gasteiger partial charge in [-0.25, -0.2) is 0 Å². The average Bonchev–Trinajstić information content (AvgIpc) is 2.68. The van der Waals surface area contributed by atoms with E-state index in [1.807, 2.05) is 0 Å². The zero-order valence-electron chi connectivity index (χ0n) is 8.87. The lowest BCUT2D eigenvalue weighted by atomic mass is 10.1. The third kappa shape index (κ3) is 2.70. The van der Waals surface area contributed by atoms with Crippen LogP contribution in [0.15, 0.2) is 34.1 Å². The second kappa shape index (κ2) is 5.21. The lowest BCUT2D eigenvalue weighted by Gasteiger charge is -2.02. The van der Waals surface area contributed by atoms with E-state index in [0.29, 0.717) is 15.5 Å². The Morgan fingerprint density at radius 3 is 2.47 bits per heavy atom. The van der Waals surface area contributed by atoms with Gasteiger partial charge < -0.3 is 4.74 Å². The van der Waals surface area contributed by atoms with E-state index in [-0.39, 0.29) is 5.78 Å². The molecule has 2 nitrogen and oxygen atoms in total. The molecular formula is C12H8BrClO2S. The Morgan fingerprint density at radius 2 is 2.00 bits per heavy atom. The van der Waals surface area contributed by atoms with Crippen molar-refractivity contribution in [1.82, 2.24) is 0 Å². The van der Waals surface area contributed by atoms with Gasteiger partial charge in [-0.1, -0.05) is 11.6 Å². The van der Waals surface area contributed by atoms with Crippen molar-refractivity contribution >= 4 is 44.7 Å². The van der Waals surface area contributed by atoms with Crippen molar-refractivity contribution in [3.05, 3.63) is 49.6 Å². The highest BCUT2D eigenvalue weighted by Crippen LogP contribution is 2.33. The molecule has 0 atom stereocenters. The molecule has 0 spiro atoms. The molecule has 0 saturated carbocycles. The fraction of sp³-hybridized carbons (Fsp3) is 0.0833. The van der Waals surface area contributed by atoms with E-state index in [1.165, 1.54) is 11.3 Å². The van der Waals surface area contributed by atoms with Gasteiger partial charge in [0.25, 0.3) is 0 Å². The highest BCUT2D eigenvalue weighted by Gasteiger charge is 2.15. The van der Waals surface area contributed by atoms with Gasteiger partial charge in [-0.2, -0.15) is 0 Å². The second-order valence-electron chi connectivity index (χ2n) is 3.30. The Bertz CT molecular complexity index is 548. The molecule has 0 fully saturated rings. The topological polar surface area (TPSA) is 26.3 Å². The summed E-state index contributed by atoms with van der Waals surface area (Å²) in [7, 11) is 1.59. The molecule has 5 heteroatoms. The van der Waals surface area contributed by atoms with Crippen LogP contribution in [0.3, 0.4) is 0 Å². The number of thiophene rings is 1. The van der Waals surface area contributed by atoms with Gasteiger partial charge >= 0.3 is 0 Å². The van der Waals surface area contributed by atoms with Crippen LogP contribution in [0.25, 0.3) is 0 Å². The first kappa shape index (κ1) is 12.6. The Morgan fingerprint density at radius 1 is 1.35 bits per heavy atom. The maximum absolute atomic E-state index is 12.1. The van der Waals surface area contributed by atoms with E-state index in [0.717, 1.165) is 9.54 Å². The maximum atomic E-state index is 12.1. The SMILES string of the molecule is COc1ccc(C(=O)c2cc(Br)sc2Cl)cc1. The number of hydrogen-bond acceptors (Lipinski definition) is 3. The van der Waals surface area contributed by atoms with Crippen LogP contribution in [0.1, 0.15) is 15.9 Å². The van der Waals surface area contributed by atoms with Gasteiger partial charge in [-0.05, 0) is 46.3 Å². The minimum atomic E-state index is -0.0837. The van der Waals surface area contributed by atoms with E-state index in [9.17, 15) is 4.79 Å². The Balaban J connectivity index is 2.33. The molecule has 0 bridgehead atoms. The zero-order chi connectivity index (χ0) is 12.4. The predicted molar refractivity (Wildman–Crippen MR) is 73.5 cm³/mol. The Labute approximate surface area is 116 Å². The van der Waals surface area contributed by atoms with Gasteiger partial charge in [-0.15, -0.1) is 11.3 Å². The van der Waals surface area contributed by atoms with Gasteiger partial charge in [0.05, 0.1) is 16.5 Å². The zero-order valence-corrected chi connectivity index (χ0v) is 12.0. The molecule has 0 unspecified atom stereocenters. The summed E-state index contributed by atoms with van der Waals surface area (Å²) in [5.41, 5.74) is 1.12. The van der Waals surface area contributed by atoms with Crippen molar-refractivity contribution in [3.63, 3.8) is 0 Å². The molecule has 1 aromatic heterocycles. The minimum Gasteiger partial charge on any atom is -0.497 e. The fourth-order valence-corrected chi connectivity index (χ4v) is 3.39. The van der Waals surface area contributed by atoms with Crippen LogP contribution in [0.2, 0.25) is 4.34 Å². The van der Waals surface area contributed by atoms with Gasteiger partial charge in [0.2, 0.25) is 0 Å². The number of rotatable bonds is 3. The van der Waals surface area contributed by atoms with E-state index >= 15 is 0 Å². The Kier molecular flexibility index (Phi) is 3.86. The first-order valence-electron chi connectivity index (χ1n) is 4.75. The van der Waals surface area contributed by atoms with Gasteiger partial charge in [-0.3, -0.25) is 4.79 Å². The first-order valence-corrected chi connectivity index (χ1v) is 6.74. The molecule has 17 heavy (non-hydrogen) atoms. The van der Waals surface area contributed by atoms with E-state index in [1.54, 1.807) is 37.4 Å². The number of halogens is 2. The molecule has 0 aliphatic heterocycles. The number of benzene rings is 1. The van der Waals surface area contributed by atoms with Gasteiger partial charge in [0, 0.05) is 5.56 Å². The summed E-state index contributed by atoms with van der Waals surface area (Å²) in [5, 5.41) is 0. The van der Waals surface area contributed by atoms with Crippen LogP contribution in [0, 0.1) is 0 Å². The molecule has 1 aromatic carbocycles. The molecule has 0 aliphatic rings. The number of methoxy groups -OCH3 is 1. The standard InChI is InChI=1S/C12H8BrClO2S/c1-16-8-4-2-7(3-5-8)11(15)9-6-10(13)17-12(9)14/h2-6H,1H3. The quantitative estimate of drug-likeness (QED) is 0.779. The molecule has 0 N–H and O–H groups in total. The third-order valence-corrected chi connectivity index (χ3v) is 4.12.